The second-order valence-electron chi connectivity index (χ2n) is 3.56. The lowest BCUT2D eigenvalue weighted by Crippen LogP contribution is -2.41. The molecule has 16 heavy (non-hydrogen) atoms. The number of nitrogens with one attached hydrogen (secondary N) is 1. The molecule has 0 bridgehead atoms. The molecule has 0 aliphatic carbocycles. The van der Waals surface area contributed by atoms with E-state index in [1.807, 2.05) is 0 Å². The van der Waals surface area contributed by atoms with Crippen LogP contribution in [0.3, 0.4) is 0 Å². The molecule has 1 aromatic heterocycles. The minimum atomic E-state index is -0.238. The highest BCUT2D eigenvalue weighted by molar-refractivity contribution is 5.80. The van der Waals surface area contributed by atoms with Gasteiger partial charge < -0.3 is 15.3 Å². The van der Waals surface area contributed by atoms with Crippen molar-refractivity contribution in [3.05, 3.63) is 18.5 Å². The molecular weight excluding hydrogens is 208 g/mol. The van der Waals surface area contributed by atoms with Gasteiger partial charge in [0.1, 0.15) is 0 Å². The van der Waals surface area contributed by atoms with Crippen molar-refractivity contribution in [2.75, 3.05) is 25.1 Å². The van der Waals surface area contributed by atoms with Crippen molar-refractivity contribution in [2.24, 2.45) is 0 Å². The van der Waals surface area contributed by atoms with Crippen LogP contribution in [0.2, 0.25) is 0 Å². The Balaban J connectivity index is 2.46. The second-order valence-corrected chi connectivity index (χ2v) is 3.56. The van der Waals surface area contributed by atoms with E-state index in [-0.39, 0.29) is 25.1 Å². The quantitative estimate of drug-likeness (QED) is 0.699. The van der Waals surface area contributed by atoms with Crippen LogP contribution in [0.5, 0.6) is 0 Å². The average molecular weight is 224 g/mol. The van der Waals surface area contributed by atoms with Gasteiger partial charge in [-0.3, -0.25) is 4.79 Å². The van der Waals surface area contributed by atoms with Crippen molar-refractivity contribution in [3.63, 3.8) is 0 Å². The van der Waals surface area contributed by atoms with Crippen LogP contribution >= 0.6 is 0 Å². The number of hydrogen-bond acceptors (Lipinski definition) is 5. The number of rotatable bonds is 5. The molecule has 6 heteroatoms. The number of hydrogen-bond donors (Lipinski definition) is 2. The lowest BCUT2D eigenvalue weighted by atomic mass is 10.3. The maximum Gasteiger partial charge on any atom is 0.239 e. The van der Waals surface area contributed by atoms with Crippen molar-refractivity contribution < 1.29 is 9.90 Å². The van der Waals surface area contributed by atoms with Crippen molar-refractivity contribution in [2.45, 2.75) is 13.0 Å². The number of aliphatic hydroxyl groups is 1. The van der Waals surface area contributed by atoms with Gasteiger partial charge in [-0.1, -0.05) is 0 Å². The predicted molar refractivity (Wildman–Crippen MR) is 60.0 cm³/mol. The molecule has 0 radical (unpaired) electrons. The highest BCUT2D eigenvalue weighted by atomic mass is 16.3. The average Bonchev–Trinajstić information content (AvgIpc) is 2.29. The number of aliphatic hydroxyl groups excluding tert-OH is 1. The van der Waals surface area contributed by atoms with E-state index in [1.54, 1.807) is 37.3 Å². The summed E-state index contributed by atoms with van der Waals surface area (Å²) < 4.78 is 0. The normalized spacial score (nSPS) is 11.9. The molecule has 0 saturated heterocycles. The SMILES string of the molecule is CC(CO)NC(=O)CN(C)c1ncccn1. The van der Waals surface area contributed by atoms with Crippen molar-refractivity contribution in [1.82, 2.24) is 15.3 Å². The van der Waals surface area contributed by atoms with Crippen LogP contribution in [0.1, 0.15) is 6.92 Å². The Hall–Kier alpha value is -1.69. The number of amides is 1. The van der Waals surface area contributed by atoms with E-state index < -0.39 is 0 Å². The second kappa shape index (κ2) is 6.02. The van der Waals surface area contributed by atoms with Crippen LogP contribution in [0.25, 0.3) is 0 Å². The van der Waals surface area contributed by atoms with Gasteiger partial charge >= 0.3 is 0 Å². The maximum absolute atomic E-state index is 11.5. The summed E-state index contributed by atoms with van der Waals surface area (Å²) in [4.78, 5) is 21.1. The van der Waals surface area contributed by atoms with Crippen molar-refractivity contribution in [3.8, 4) is 0 Å². The molecule has 1 heterocycles. The summed E-state index contributed by atoms with van der Waals surface area (Å²) in [5.74, 6) is 0.325. The molecule has 0 aromatic carbocycles. The molecule has 2 N–H and O–H groups in total. The Morgan fingerprint density at radius 3 is 2.75 bits per heavy atom. The van der Waals surface area contributed by atoms with Gasteiger partial charge in [-0.25, -0.2) is 9.97 Å². The molecule has 1 amide bonds. The molecule has 1 unspecified atom stereocenters. The topological polar surface area (TPSA) is 78.4 Å². The molecule has 0 aliphatic heterocycles. The Labute approximate surface area is 94.3 Å². The number of anilines is 1. The van der Waals surface area contributed by atoms with Gasteiger partial charge in [0.2, 0.25) is 11.9 Å². The summed E-state index contributed by atoms with van der Waals surface area (Å²) >= 11 is 0. The zero-order chi connectivity index (χ0) is 12.0. The first-order valence-corrected chi connectivity index (χ1v) is 5.02. The maximum atomic E-state index is 11.5. The highest BCUT2D eigenvalue weighted by Gasteiger charge is 2.10. The van der Waals surface area contributed by atoms with Crippen LogP contribution in [-0.4, -0.2) is 47.2 Å². The van der Waals surface area contributed by atoms with Crippen LogP contribution < -0.4 is 10.2 Å². The smallest absolute Gasteiger partial charge is 0.239 e. The third-order valence-electron chi connectivity index (χ3n) is 1.96. The van der Waals surface area contributed by atoms with Gasteiger partial charge in [-0.15, -0.1) is 0 Å². The largest absolute Gasteiger partial charge is 0.394 e. The van der Waals surface area contributed by atoms with E-state index >= 15 is 0 Å². The molecule has 88 valence electrons. The fourth-order valence-corrected chi connectivity index (χ4v) is 1.14. The first-order valence-electron chi connectivity index (χ1n) is 5.02. The Morgan fingerprint density at radius 1 is 1.56 bits per heavy atom. The van der Waals surface area contributed by atoms with E-state index in [9.17, 15) is 4.79 Å². The first kappa shape index (κ1) is 12.4. The zero-order valence-corrected chi connectivity index (χ0v) is 9.42. The van der Waals surface area contributed by atoms with E-state index in [0.29, 0.717) is 5.95 Å². The number of carbonyl (C=O) groups excluding carboxylic acids is 1. The minimum absolute atomic E-state index is 0.0721. The Morgan fingerprint density at radius 2 is 2.19 bits per heavy atom. The summed E-state index contributed by atoms with van der Waals surface area (Å²) in [5.41, 5.74) is 0. The molecule has 1 aromatic rings. The van der Waals surface area contributed by atoms with E-state index in [2.05, 4.69) is 15.3 Å². The van der Waals surface area contributed by atoms with Crippen LogP contribution in [-0.2, 0) is 4.79 Å². The summed E-state index contributed by atoms with van der Waals surface area (Å²) in [7, 11) is 1.73. The van der Waals surface area contributed by atoms with Crippen molar-refractivity contribution >= 4 is 11.9 Å². The summed E-state index contributed by atoms with van der Waals surface area (Å²) in [6, 6.07) is 1.48. The third kappa shape index (κ3) is 3.82. The predicted octanol–water partition coefficient (Wildman–Crippen LogP) is -0.590. The summed E-state index contributed by atoms with van der Waals surface area (Å²) in [6.45, 7) is 1.82. The Bertz CT molecular complexity index is 331. The van der Waals surface area contributed by atoms with Crippen LogP contribution in [0.4, 0.5) is 5.95 Å². The molecule has 0 spiro atoms. The summed E-state index contributed by atoms with van der Waals surface area (Å²) in [6.07, 6.45) is 3.24. The minimum Gasteiger partial charge on any atom is -0.394 e. The molecule has 0 aliphatic rings. The molecule has 0 saturated carbocycles. The molecule has 0 fully saturated rings. The number of likely N-dealkylation sites (N-methyl/N-ethyl adjacent to an activating group) is 1. The lowest BCUT2D eigenvalue weighted by Gasteiger charge is -2.17. The monoisotopic (exact) mass is 224 g/mol. The van der Waals surface area contributed by atoms with Gasteiger partial charge in [0.15, 0.2) is 0 Å². The number of nitrogens with zero attached hydrogens (tertiary/aromatic N) is 3. The number of carbonyl (C=O) groups is 1. The molecule has 1 rings (SSSR count). The summed E-state index contributed by atoms with van der Waals surface area (Å²) in [5, 5.41) is 11.4. The third-order valence-corrected chi connectivity index (χ3v) is 1.96. The van der Waals surface area contributed by atoms with Crippen LogP contribution in [0.15, 0.2) is 18.5 Å². The first-order chi connectivity index (χ1) is 7.63. The van der Waals surface area contributed by atoms with E-state index in [1.165, 1.54) is 0 Å². The van der Waals surface area contributed by atoms with Gasteiger partial charge in [0, 0.05) is 25.5 Å². The standard InChI is InChI=1S/C10H16N4O2/c1-8(7-15)13-9(16)6-14(2)10-11-4-3-5-12-10/h3-5,8,15H,6-7H2,1-2H3,(H,13,16). The Kier molecular flexibility index (Phi) is 4.65. The highest BCUT2D eigenvalue weighted by Crippen LogP contribution is 2.00. The molecular formula is C10H16N4O2. The molecule has 6 nitrogen and oxygen atoms in total. The molecule has 1 atom stereocenters. The van der Waals surface area contributed by atoms with Gasteiger partial charge in [-0.05, 0) is 13.0 Å². The zero-order valence-electron chi connectivity index (χ0n) is 9.42. The van der Waals surface area contributed by atoms with Gasteiger partial charge in [-0.2, -0.15) is 0 Å². The van der Waals surface area contributed by atoms with E-state index in [4.69, 9.17) is 5.11 Å². The van der Waals surface area contributed by atoms with Gasteiger partial charge in [0.05, 0.1) is 13.2 Å². The van der Waals surface area contributed by atoms with E-state index in [0.717, 1.165) is 0 Å². The lowest BCUT2D eigenvalue weighted by molar-refractivity contribution is -0.120. The fraction of sp³-hybridized carbons (Fsp3) is 0.500. The van der Waals surface area contributed by atoms with Crippen LogP contribution in [0, 0.1) is 0 Å². The van der Waals surface area contributed by atoms with Crippen molar-refractivity contribution in [1.29, 1.82) is 0 Å². The van der Waals surface area contributed by atoms with Gasteiger partial charge in [0.25, 0.3) is 0 Å². The fourth-order valence-electron chi connectivity index (χ4n) is 1.14. The number of aromatic nitrogens is 2.